The van der Waals surface area contributed by atoms with Crippen molar-refractivity contribution < 1.29 is 22.8 Å². The fourth-order valence-electron chi connectivity index (χ4n) is 4.95. The molecule has 1 unspecified atom stereocenters. The molecule has 5 rings (SSSR count). The number of carbonyl (C=O) groups is 2. The molecular weight excluding hydrogens is 481 g/mol. The van der Waals surface area contributed by atoms with Crippen molar-refractivity contribution >= 4 is 30.0 Å². The van der Waals surface area contributed by atoms with Crippen molar-refractivity contribution in [2.75, 3.05) is 37.6 Å². The highest BCUT2D eigenvalue weighted by molar-refractivity contribution is 5.94. The SMILES string of the molecule is CC1CNC(=O)[C@H]1c1ccc(C(=O)N2CCN(c3ncc(C(F)(F)F)cc3C3CC3)CC2)cc1.Cl. The molecule has 0 spiro atoms. The van der Waals surface area contributed by atoms with Crippen LogP contribution in [0.4, 0.5) is 19.0 Å². The number of rotatable bonds is 4. The molecule has 1 aromatic heterocycles. The van der Waals surface area contributed by atoms with Crippen LogP contribution >= 0.6 is 12.4 Å². The standard InChI is InChI=1S/C25H27F3N4O2.ClH/c1-15-13-30-23(33)21(15)17-4-6-18(7-5-17)24(34)32-10-8-31(9-11-32)22-20(16-2-3-16)12-19(14-29-22)25(26,27)28;/h4-7,12,14-16,21H,2-3,8-11,13H2,1H3,(H,30,33);1H/t15?,21-;/m1./s1. The van der Waals surface area contributed by atoms with Crippen LogP contribution in [-0.4, -0.2) is 54.4 Å². The second kappa shape index (κ2) is 9.68. The molecule has 2 saturated heterocycles. The molecule has 3 heterocycles. The number of halogens is 4. The zero-order valence-corrected chi connectivity index (χ0v) is 20.2. The van der Waals surface area contributed by atoms with E-state index in [0.717, 1.165) is 24.6 Å². The van der Waals surface area contributed by atoms with Crippen LogP contribution in [0.25, 0.3) is 0 Å². The van der Waals surface area contributed by atoms with E-state index in [9.17, 15) is 22.8 Å². The van der Waals surface area contributed by atoms with Crippen LogP contribution in [0.5, 0.6) is 0 Å². The van der Waals surface area contributed by atoms with Gasteiger partial charge in [0.25, 0.3) is 5.91 Å². The summed E-state index contributed by atoms with van der Waals surface area (Å²) in [5.74, 6) is 0.692. The number of amides is 2. The van der Waals surface area contributed by atoms with Gasteiger partial charge in [-0.15, -0.1) is 12.4 Å². The zero-order chi connectivity index (χ0) is 24.0. The van der Waals surface area contributed by atoms with E-state index in [0.29, 0.717) is 49.7 Å². The van der Waals surface area contributed by atoms with Crippen LogP contribution in [0, 0.1) is 5.92 Å². The van der Waals surface area contributed by atoms with Crippen LogP contribution < -0.4 is 10.2 Å². The van der Waals surface area contributed by atoms with E-state index < -0.39 is 11.7 Å². The number of hydrogen-bond acceptors (Lipinski definition) is 4. The molecule has 188 valence electrons. The summed E-state index contributed by atoms with van der Waals surface area (Å²) in [6.07, 6.45) is -1.74. The van der Waals surface area contributed by atoms with Gasteiger partial charge in [-0.05, 0) is 54.0 Å². The molecular formula is C25H28ClF3N4O2. The maximum Gasteiger partial charge on any atom is 0.417 e. The molecule has 35 heavy (non-hydrogen) atoms. The minimum Gasteiger partial charge on any atom is -0.355 e. The first kappa shape index (κ1) is 25.3. The first-order valence-electron chi connectivity index (χ1n) is 11.7. The van der Waals surface area contributed by atoms with Gasteiger partial charge in [-0.1, -0.05) is 19.1 Å². The van der Waals surface area contributed by atoms with Gasteiger partial charge >= 0.3 is 6.18 Å². The lowest BCUT2D eigenvalue weighted by molar-refractivity contribution is -0.137. The van der Waals surface area contributed by atoms with Crippen molar-refractivity contribution in [2.24, 2.45) is 5.92 Å². The minimum atomic E-state index is -4.41. The van der Waals surface area contributed by atoms with Crippen molar-refractivity contribution in [2.45, 2.75) is 37.8 Å². The van der Waals surface area contributed by atoms with Gasteiger partial charge in [0.05, 0.1) is 11.5 Å². The van der Waals surface area contributed by atoms with Crippen molar-refractivity contribution in [1.29, 1.82) is 0 Å². The predicted octanol–water partition coefficient (Wildman–Crippen LogP) is 4.21. The molecule has 0 radical (unpaired) electrons. The number of benzene rings is 1. The molecule has 2 atom stereocenters. The first-order chi connectivity index (χ1) is 16.2. The number of anilines is 1. The van der Waals surface area contributed by atoms with Crippen LogP contribution in [0.3, 0.4) is 0 Å². The molecule has 10 heteroatoms. The summed E-state index contributed by atoms with van der Waals surface area (Å²) < 4.78 is 39.5. The van der Waals surface area contributed by atoms with Gasteiger partial charge in [-0.3, -0.25) is 9.59 Å². The second-order valence-electron chi connectivity index (χ2n) is 9.51. The number of nitrogens with one attached hydrogen (secondary N) is 1. The smallest absolute Gasteiger partial charge is 0.355 e. The first-order valence-corrected chi connectivity index (χ1v) is 11.7. The van der Waals surface area contributed by atoms with E-state index in [2.05, 4.69) is 10.3 Å². The van der Waals surface area contributed by atoms with Gasteiger partial charge in [0.1, 0.15) is 5.82 Å². The quantitative estimate of drug-likeness (QED) is 0.672. The van der Waals surface area contributed by atoms with E-state index in [1.807, 2.05) is 24.0 Å². The zero-order valence-electron chi connectivity index (χ0n) is 19.3. The highest BCUT2D eigenvalue weighted by Crippen LogP contribution is 2.45. The lowest BCUT2D eigenvalue weighted by Crippen LogP contribution is -2.49. The van der Waals surface area contributed by atoms with Crippen molar-refractivity contribution in [3.63, 3.8) is 0 Å². The lowest BCUT2D eigenvalue weighted by atomic mass is 9.89. The average molecular weight is 509 g/mol. The fourth-order valence-corrected chi connectivity index (χ4v) is 4.95. The fraction of sp³-hybridized carbons (Fsp3) is 0.480. The number of aromatic nitrogens is 1. The molecule has 3 aliphatic rings. The summed E-state index contributed by atoms with van der Waals surface area (Å²) >= 11 is 0. The Kier molecular flexibility index (Phi) is 6.99. The maximum atomic E-state index is 13.2. The second-order valence-corrected chi connectivity index (χ2v) is 9.51. The molecule has 2 amide bonds. The topological polar surface area (TPSA) is 65.5 Å². The van der Waals surface area contributed by atoms with Crippen LogP contribution in [0.15, 0.2) is 36.5 Å². The Morgan fingerprint density at radius 3 is 2.29 bits per heavy atom. The van der Waals surface area contributed by atoms with Gasteiger partial charge in [0, 0.05) is 44.5 Å². The molecule has 0 bridgehead atoms. The predicted molar refractivity (Wildman–Crippen MR) is 128 cm³/mol. The van der Waals surface area contributed by atoms with E-state index in [-0.39, 0.29) is 42.0 Å². The Hall–Kier alpha value is -2.81. The molecule has 6 nitrogen and oxygen atoms in total. The molecule has 1 aliphatic carbocycles. The summed E-state index contributed by atoms with van der Waals surface area (Å²) in [4.78, 5) is 33.1. The summed E-state index contributed by atoms with van der Waals surface area (Å²) in [6, 6.07) is 8.48. The molecule has 2 aliphatic heterocycles. The van der Waals surface area contributed by atoms with Gasteiger partial charge < -0.3 is 15.1 Å². The van der Waals surface area contributed by atoms with Gasteiger partial charge in [0.2, 0.25) is 5.91 Å². The van der Waals surface area contributed by atoms with Crippen LogP contribution in [0.2, 0.25) is 0 Å². The van der Waals surface area contributed by atoms with Crippen LogP contribution in [-0.2, 0) is 11.0 Å². The molecule has 1 aromatic carbocycles. The Morgan fingerprint density at radius 2 is 1.74 bits per heavy atom. The third-order valence-electron chi connectivity index (χ3n) is 7.07. The third-order valence-corrected chi connectivity index (χ3v) is 7.07. The monoisotopic (exact) mass is 508 g/mol. The summed E-state index contributed by atoms with van der Waals surface area (Å²) in [5, 5.41) is 2.87. The number of pyridine rings is 1. The van der Waals surface area contributed by atoms with Crippen LogP contribution in [0.1, 0.15) is 58.6 Å². The number of hydrogen-bond donors (Lipinski definition) is 1. The number of piperazine rings is 1. The molecule has 3 fully saturated rings. The Bertz CT molecular complexity index is 1100. The summed E-state index contributed by atoms with van der Waals surface area (Å²) in [6.45, 7) is 4.65. The third kappa shape index (κ3) is 5.10. The van der Waals surface area contributed by atoms with Gasteiger partial charge in [0.15, 0.2) is 0 Å². The Balaban J connectivity index is 0.00000289. The van der Waals surface area contributed by atoms with Crippen molar-refractivity contribution in [1.82, 2.24) is 15.2 Å². The Morgan fingerprint density at radius 1 is 1.09 bits per heavy atom. The summed E-state index contributed by atoms with van der Waals surface area (Å²) in [7, 11) is 0. The minimum absolute atomic E-state index is 0. The number of nitrogens with zero attached hydrogens (tertiary/aromatic N) is 3. The Labute approximate surface area is 208 Å². The molecule has 1 N–H and O–H groups in total. The van der Waals surface area contributed by atoms with E-state index >= 15 is 0 Å². The average Bonchev–Trinajstić information content (AvgIpc) is 3.62. The van der Waals surface area contributed by atoms with Gasteiger partial charge in [-0.25, -0.2) is 4.98 Å². The lowest BCUT2D eigenvalue weighted by Gasteiger charge is -2.36. The maximum absolute atomic E-state index is 13.2. The number of alkyl halides is 3. The highest BCUT2D eigenvalue weighted by Gasteiger charge is 2.36. The highest BCUT2D eigenvalue weighted by atomic mass is 35.5. The van der Waals surface area contributed by atoms with E-state index in [1.165, 1.54) is 6.07 Å². The van der Waals surface area contributed by atoms with Crippen molar-refractivity contribution in [3.8, 4) is 0 Å². The van der Waals surface area contributed by atoms with Crippen molar-refractivity contribution in [3.05, 3.63) is 58.8 Å². The van der Waals surface area contributed by atoms with Gasteiger partial charge in [-0.2, -0.15) is 13.2 Å². The molecule has 1 saturated carbocycles. The summed E-state index contributed by atoms with van der Waals surface area (Å²) in [5.41, 5.74) is 1.43. The molecule has 2 aromatic rings. The van der Waals surface area contributed by atoms with E-state index in [1.54, 1.807) is 17.0 Å². The number of carbonyl (C=O) groups excluding carboxylic acids is 2. The largest absolute Gasteiger partial charge is 0.417 e. The normalized spacial score (nSPS) is 22.6. The van der Waals surface area contributed by atoms with E-state index in [4.69, 9.17) is 0 Å².